The van der Waals surface area contributed by atoms with Gasteiger partial charge in [-0.05, 0) is 43.1 Å². The van der Waals surface area contributed by atoms with Crippen molar-refractivity contribution in [1.29, 1.82) is 0 Å². The van der Waals surface area contributed by atoms with Gasteiger partial charge in [-0.15, -0.1) is 0 Å². The van der Waals surface area contributed by atoms with Gasteiger partial charge in [0, 0.05) is 38.3 Å². The molecule has 2 saturated heterocycles. The smallest absolute Gasteiger partial charge is 0.262 e. The Morgan fingerprint density at radius 1 is 1.03 bits per heavy atom. The van der Waals surface area contributed by atoms with Crippen molar-refractivity contribution < 1.29 is 23.9 Å². The lowest BCUT2D eigenvalue weighted by Crippen LogP contribution is -2.54. The predicted octanol–water partition coefficient (Wildman–Crippen LogP) is 0.513. The van der Waals surface area contributed by atoms with Crippen molar-refractivity contribution in [2.75, 3.05) is 13.1 Å². The van der Waals surface area contributed by atoms with Gasteiger partial charge in [-0.25, -0.2) is 0 Å². The first-order chi connectivity index (χ1) is 16.5. The summed E-state index contributed by atoms with van der Waals surface area (Å²) in [6.07, 6.45) is 3.11. The molecule has 10 heteroatoms. The number of fused-ring (bicyclic) bond motifs is 1. The monoisotopic (exact) mass is 463 g/mol. The molecule has 0 aliphatic carbocycles. The summed E-state index contributed by atoms with van der Waals surface area (Å²) < 4.78 is 5.97. The van der Waals surface area contributed by atoms with Crippen molar-refractivity contribution >= 4 is 23.6 Å². The van der Waals surface area contributed by atoms with Gasteiger partial charge < -0.3 is 15.4 Å². The zero-order valence-corrected chi connectivity index (χ0v) is 18.5. The summed E-state index contributed by atoms with van der Waals surface area (Å²) in [6.45, 7) is 2.78. The van der Waals surface area contributed by atoms with Gasteiger partial charge in [0.2, 0.25) is 11.8 Å². The molecule has 2 fully saturated rings. The average Bonchev–Trinajstić information content (AvgIpc) is 3.41. The molecule has 3 N–H and O–H groups in total. The molecule has 176 valence electrons. The maximum atomic E-state index is 13.0. The lowest BCUT2D eigenvalue weighted by Gasteiger charge is -2.27. The number of benzene rings is 1. The molecule has 1 aromatic heterocycles. The minimum absolute atomic E-state index is 0.0941. The maximum Gasteiger partial charge on any atom is 0.262 e. The van der Waals surface area contributed by atoms with Gasteiger partial charge in [-0.2, -0.15) is 0 Å². The van der Waals surface area contributed by atoms with Crippen LogP contribution in [0.2, 0.25) is 0 Å². The van der Waals surface area contributed by atoms with E-state index >= 15 is 0 Å². The van der Waals surface area contributed by atoms with Crippen LogP contribution in [0.1, 0.15) is 51.2 Å². The number of imide groups is 2. The molecule has 4 heterocycles. The molecule has 3 aliphatic rings. The second kappa shape index (κ2) is 9.32. The molecule has 2 unspecified atom stereocenters. The first-order valence-electron chi connectivity index (χ1n) is 11.4. The van der Waals surface area contributed by atoms with Crippen LogP contribution in [0.5, 0.6) is 5.75 Å². The van der Waals surface area contributed by atoms with E-state index in [1.807, 2.05) is 12.1 Å². The third-order valence-corrected chi connectivity index (χ3v) is 6.25. The number of hydrogen-bond donors (Lipinski definition) is 3. The Kier molecular flexibility index (Phi) is 6.08. The number of nitrogens with zero attached hydrogens (tertiary/aromatic N) is 2. The number of nitrogens with one attached hydrogen (secondary N) is 3. The zero-order chi connectivity index (χ0) is 23.7. The van der Waals surface area contributed by atoms with E-state index in [4.69, 9.17) is 4.74 Å². The average molecular weight is 463 g/mol. The van der Waals surface area contributed by atoms with E-state index in [1.54, 1.807) is 24.4 Å². The van der Waals surface area contributed by atoms with Crippen LogP contribution < -0.4 is 20.7 Å². The fourth-order valence-electron chi connectivity index (χ4n) is 4.51. The molecule has 5 rings (SSSR count). The molecular formula is C24H25N5O5. The topological polar surface area (TPSA) is 130 Å². The van der Waals surface area contributed by atoms with Crippen LogP contribution in [-0.2, 0) is 22.7 Å². The van der Waals surface area contributed by atoms with E-state index in [9.17, 15) is 19.2 Å². The summed E-state index contributed by atoms with van der Waals surface area (Å²) in [5.41, 5.74) is 2.20. The number of rotatable bonds is 7. The number of pyridine rings is 1. The Morgan fingerprint density at radius 3 is 2.68 bits per heavy atom. The molecule has 0 spiro atoms. The fraction of sp³-hybridized carbons (Fsp3) is 0.375. The first kappa shape index (κ1) is 22.2. The summed E-state index contributed by atoms with van der Waals surface area (Å²) in [5, 5.41) is 8.78. The van der Waals surface area contributed by atoms with E-state index in [2.05, 4.69) is 20.9 Å². The van der Waals surface area contributed by atoms with Gasteiger partial charge in [0.25, 0.3) is 11.8 Å². The van der Waals surface area contributed by atoms with Gasteiger partial charge in [0.05, 0.1) is 16.8 Å². The number of piperidine rings is 1. The largest absolute Gasteiger partial charge is 0.489 e. The molecule has 1 aromatic carbocycles. The zero-order valence-electron chi connectivity index (χ0n) is 18.5. The van der Waals surface area contributed by atoms with Gasteiger partial charge >= 0.3 is 0 Å². The van der Waals surface area contributed by atoms with E-state index in [0.29, 0.717) is 13.1 Å². The highest BCUT2D eigenvalue weighted by atomic mass is 16.5. The van der Waals surface area contributed by atoms with Crippen LogP contribution in [0.15, 0.2) is 36.5 Å². The number of ether oxygens (including phenoxy) is 1. The number of aromatic nitrogens is 1. The van der Waals surface area contributed by atoms with Crippen molar-refractivity contribution in [1.82, 2.24) is 25.8 Å². The Bertz CT molecular complexity index is 1160. The minimum Gasteiger partial charge on any atom is -0.489 e. The lowest BCUT2D eigenvalue weighted by atomic mass is 10.0. The summed E-state index contributed by atoms with van der Waals surface area (Å²) in [6, 6.07) is 7.86. The maximum absolute atomic E-state index is 13.0. The summed E-state index contributed by atoms with van der Waals surface area (Å²) in [5.74, 6) is -1.24. The van der Waals surface area contributed by atoms with Crippen LogP contribution in [0.4, 0.5) is 0 Å². The Morgan fingerprint density at radius 2 is 1.88 bits per heavy atom. The van der Waals surface area contributed by atoms with Crippen molar-refractivity contribution in [2.45, 2.75) is 44.5 Å². The molecule has 10 nitrogen and oxygen atoms in total. The van der Waals surface area contributed by atoms with Gasteiger partial charge in [0.15, 0.2) is 0 Å². The van der Waals surface area contributed by atoms with Crippen molar-refractivity contribution in [3.8, 4) is 5.75 Å². The highest BCUT2D eigenvalue weighted by molar-refractivity contribution is 6.23. The van der Waals surface area contributed by atoms with E-state index < -0.39 is 29.7 Å². The number of carbonyl (C=O) groups is 4. The fourth-order valence-corrected chi connectivity index (χ4v) is 4.51. The molecular weight excluding hydrogens is 438 g/mol. The summed E-state index contributed by atoms with van der Waals surface area (Å²) in [4.78, 5) is 54.7. The first-order valence-corrected chi connectivity index (χ1v) is 11.4. The van der Waals surface area contributed by atoms with Crippen LogP contribution in [0.25, 0.3) is 0 Å². The highest BCUT2D eigenvalue weighted by Gasteiger charge is 2.44. The highest BCUT2D eigenvalue weighted by Crippen LogP contribution is 2.28. The Hall–Kier alpha value is -3.63. The van der Waals surface area contributed by atoms with Crippen LogP contribution in [0, 0.1) is 0 Å². The predicted molar refractivity (Wildman–Crippen MR) is 120 cm³/mol. The molecule has 4 amide bonds. The summed E-state index contributed by atoms with van der Waals surface area (Å²) in [7, 11) is 0. The molecule has 0 radical (unpaired) electrons. The third-order valence-electron chi connectivity index (χ3n) is 6.25. The molecule has 2 aromatic rings. The lowest BCUT2D eigenvalue weighted by molar-refractivity contribution is -0.136. The minimum atomic E-state index is -0.966. The second-order valence-electron chi connectivity index (χ2n) is 8.65. The summed E-state index contributed by atoms with van der Waals surface area (Å²) >= 11 is 0. The Balaban J connectivity index is 1.21. The van der Waals surface area contributed by atoms with Crippen molar-refractivity contribution in [2.24, 2.45) is 0 Å². The molecule has 34 heavy (non-hydrogen) atoms. The van der Waals surface area contributed by atoms with Gasteiger partial charge in [0.1, 0.15) is 17.9 Å². The van der Waals surface area contributed by atoms with E-state index in [-0.39, 0.29) is 30.1 Å². The number of amides is 4. The molecule has 2 atom stereocenters. The van der Waals surface area contributed by atoms with Crippen LogP contribution >= 0.6 is 0 Å². The van der Waals surface area contributed by atoms with Crippen LogP contribution in [-0.4, -0.2) is 58.7 Å². The number of hydrogen-bond acceptors (Lipinski definition) is 8. The second-order valence-corrected chi connectivity index (χ2v) is 8.65. The van der Waals surface area contributed by atoms with Crippen molar-refractivity contribution in [3.63, 3.8) is 0 Å². The molecule has 3 aliphatic heterocycles. The third kappa shape index (κ3) is 4.42. The molecule has 0 bridgehead atoms. The van der Waals surface area contributed by atoms with Crippen molar-refractivity contribution in [3.05, 3.63) is 58.9 Å². The van der Waals surface area contributed by atoms with E-state index in [1.165, 1.54) is 0 Å². The van der Waals surface area contributed by atoms with Gasteiger partial charge in [-0.3, -0.25) is 34.4 Å². The molecule has 0 saturated carbocycles. The van der Waals surface area contributed by atoms with Crippen LogP contribution in [0.3, 0.4) is 0 Å². The normalized spacial score (nSPS) is 22.2. The SMILES string of the molecule is O=C1CCC(N2C(=O)c3ccc(CNCc4cc(OC5CCNC5)ccn4)cc3C2=O)C(=O)N1. The Labute approximate surface area is 196 Å². The standard InChI is InChI=1S/C24H25N5O5/c30-21-4-3-20(22(31)28-21)29-23(32)18-2-1-14(9-19(18)24(29)33)11-26-12-15-10-16(6-8-27-15)34-17-5-7-25-13-17/h1-2,6,8-10,17,20,25-26H,3-5,7,11-13H2,(H,28,30,31). The van der Waals surface area contributed by atoms with Gasteiger partial charge in [-0.1, -0.05) is 6.07 Å². The number of carbonyl (C=O) groups excluding carboxylic acids is 4. The quantitative estimate of drug-likeness (QED) is 0.507. The van der Waals surface area contributed by atoms with E-state index in [0.717, 1.165) is 41.4 Å².